The first-order valence-corrected chi connectivity index (χ1v) is 10.9. The van der Waals surface area contributed by atoms with Crippen LogP contribution in [0.3, 0.4) is 0 Å². The van der Waals surface area contributed by atoms with Gasteiger partial charge in [-0.1, -0.05) is 18.2 Å². The van der Waals surface area contributed by atoms with Gasteiger partial charge in [-0.25, -0.2) is 4.79 Å². The standard InChI is InChI=1S/C21H32N2O4S/c1-20(2,3)22-18(24)17-14-16(28(26)15-10-8-7-9-11-15)12-13-23(17)19(25)27-21(4,5)6/h7-11,16-17H,12-14H2,1-6H3,(H,22,24)/t16-,17+,28?/m1/s1. The summed E-state index contributed by atoms with van der Waals surface area (Å²) in [6.07, 6.45) is 0.383. The Balaban J connectivity index is 2.22. The predicted octanol–water partition coefficient (Wildman–Crippen LogP) is 3.48. The molecule has 1 aromatic rings. The van der Waals surface area contributed by atoms with Crippen LogP contribution in [0, 0.1) is 0 Å². The molecule has 0 saturated carbocycles. The van der Waals surface area contributed by atoms with Gasteiger partial charge in [0, 0.05) is 22.2 Å². The Kier molecular flexibility index (Phi) is 6.91. The molecule has 1 fully saturated rings. The Morgan fingerprint density at radius 2 is 1.71 bits per heavy atom. The van der Waals surface area contributed by atoms with E-state index in [1.807, 2.05) is 51.1 Å². The summed E-state index contributed by atoms with van der Waals surface area (Å²) in [5.74, 6) is -0.242. The van der Waals surface area contributed by atoms with Crippen LogP contribution in [0.15, 0.2) is 35.2 Å². The SMILES string of the molecule is CC(C)(C)NC(=O)[C@@H]1C[C@H](S(=O)c2ccccc2)CCN1C(=O)OC(C)(C)C. The lowest BCUT2D eigenvalue weighted by Crippen LogP contribution is -2.58. The molecule has 1 heterocycles. The number of likely N-dealkylation sites (tertiary alicyclic amines) is 1. The molecule has 1 unspecified atom stereocenters. The Labute approximate surface area is 170 Å². The molecule has 0 aliphatic carbocycles. The van der Waals surface area contributed by atoms with E-state index in [1.54, 1.807) is 20.8 Å². The summed E-state index contributed by atoms with van der Waals surface area (Å²) in [4.78, 5) is 27.8. The minimum absolute atomic E-state index is 0.197. The number of hydrogen-bond acceptors (Lipinski definition) is 4. The third kappa shape index (κ3) is 6.33. The molecule has 28 heavy (non-hydrogen) atoms. The molecule has 0 bridgehead atoms. The largest absolute Gasteiger partial charge is 0.444 e. The van der Waals surface area contributed by atoms with Gasteiger partial charge in [0.25, 0.3) is 0 Å². The predicted molar refractivity (Wildman–Crippen MR) is 110 cm³/mol. The summed E-state index contributed by atoms with van der Waals surface area (Å²) in [5.41, 5.74) is -1.08. The first kappa shape index (κ1) is 22.4. The summed E-state index contributed by atoms with van der Waals surface area (Å²) < 4.78 is 18.5. The van der Waals surface area contributed by atoms with E-state index in [2.05, 4.69) is 5.32 Å². The topological polar surface area (TPSA) is 75.7 Å². The van der Waals surface area contributed by atoms with Crippen LogP contribution in [0.4, 0.5) is 4.79 Å². The molecule has 1 aliphatic heterocycles. The highest BCUT2D eigenvalue weighted by atomic mass is 32.2. The van der Waals surface area contributed by atoms with Gasteiger partial charge < -0.3 is 10.1 Å². The van der Waals surface area contributed by atoms with Gasteiger partial charge in [-0.15, -0.1) is 0 Å². The van der Waals surface area contributed by atoms with E-state index >= 15 is 0 Å². The first-order chi connectivity index (χ1) is 12.9. The van der Waals surface area contributed by atoms with Crippen molar-refractivity contribution in [2.45, 2.75) is 81.7 Å². The fourth-order valence-electron chi connectivity index (χ4n) is 3.12. The van der Waals surface area contributed by atoms with Crippen LogP contribution in [0.25, 0.3) is 0 Å². The van der Waals surface area contributed by atoms with Crippen molar-refractivity contribution in [2.75, 3.05) is 6.54 Å². The minimum Gasteiger partial charge on any atom is -0.444 e. The van der Waals surface area contributed by atoms with E-state index in [0.29, 0.717) is 19.4 Å². The third-order valence-corrected chi connectivity index (χ3v) is 6.03. The highest BCUT2D eigenvalue weighted by molar-refractivity contribution is 7.85. The Hall–Kier alpha value is -1.89. The molecule has 1 N–H and O–H groups in total. The normalized spacial score (nSPS) is 21.7. The molecule has 0 aromatic heterocycles. The zero-order chi connectivity index (χ0) is 21.1. The van der Waals surface area contributed by atoms with Gasteiger partial charge in [0.1, 0.15) is 11.6 Å². The van der Waals surface area contributed by atoms with Crippen molar-refractivity contribution in [1.82, 2.24) is 10.2 Å². The van der Waals surface area contributed by atoms with Crippen LogP contribution >= 0.6 is 0 Å². The monoisotopic (exact) mass is 408 g/mol. The molecule has 0 radical (unpaired) electrons. The number of amides is 2. The first-order valence-electron chi connectivity index (χ1n) is 9.65. The van der Waals surface area contributed by atoms with E-state index in [0.717, 1.165) is 4.90 Å². The van der Waals surface area contributed by atoms with Crippen molar-refractivity contribution in [3.63, 3.8) is 0 Å². The molecule has 3 atom stereocenters. The molecular weight excluding hydrogens is 376 g/mol. The lowest BCUT2D eigenvalue weighted by Gasteiger charge is -2.39. The lowest BCUT2D eigenvalue weighted by atomic mass is 9.99. The average molecular weight is 409 g/mol. The average Bonchev–Trinajstić information content (AvgIpc) is 2.58. The third-order valence-electron chi connectivity index (χ3n) is 4.26. The number of rotatable bonds is 3. The smallest absolute Gasteiger partial charge is 0.410 e. The number of nitrogens with one attached hydrogen (secondary N) is 1. The number of carbonyl (C=O) groups is 2. The van der Waals surface area contributed by atoms with Crippen LogP contribution < -0.4 is 5.32 Å². The number of ether oxygens (including phenoxy) is 1. The van der Waals surface area contributed by atoms with Gasteiger partial charge >= 0.3 is 6.09 Å². The van der Waals surface area contributed by atoms with Crippen LogP contribution in [-0.2, 0) is 20.3 Å². The van der Waals surface area contributed by atoms with Gasteiger partial charge in [0.15, 0.2) is 0 Å². The van der Waals surface area contributed by atoms with E-state index in [-0.39, 0.29) is 11.2 Å². The Bertz CT molecular complexity index is 722. The molecule has 1 saturated heterocycles. The molecule has 0 spiro atoms. The maximum Gasteiger partial charge on any atom is 0.410 e. The molecule has 2 amide bonds. The van der Waals surface area contributed by atoms with Crippen molar-refractivity contribution in [1.29, 1.82) is 0 Å². The fraction of sp³-hybridized carbons (Fsp3) is 0.619. The highest BCUT2D eigenvalue weighted by Crippen LogP contribution is 2.27. The summed E-state index contributed by atoms with van der Waals surface area (Å²) in [6, 6.07) is 8.55. The van der Waals surface area contributed by atoms with Gasteiger partial charge in [0.05, 0.1) is 10.8 Å². The minimum atomic E-state index is -1.24. The molecule has 1 aromatic carbocycles. The number of piperidine rings is 1. The van der Waals surface area contributed by atoms with Crippen LogP contribution in [0.1, 0.15) is 54.4 Å². The maximum atomic E-state index is 13.0. The zero-order valence-corrected chi connectivity index (χ0v) is 18.5. The van der Waals surface area contributed by atoms with Crippen molar-refractivity contribution >= 4 is 22.8 Å². The van der Waals surface area contributed by atoms with E-state index < -0.39 is 34.1 Å². The molecule has 7 heteroatoms. The fourth-order valence-corrected chi connectivity index (χ4v) is 4.60. The van der Waals surface area contributed by atoms with Crippen LogP contribution in [0.5, 0.6) is 0 Å². The number of hydrogen-bond donors (Lipinski definition) is 1. The molecule has 2 rings (SSSR count). The quantitative estimate of drug-likeness (QED) is 0.831. The number of nitrogens with zero attached hydrogens (tertiary/aromatic N) is 1. The lowest BCUT2D eigenvalue weighted by molar-refractivity contribution is -0.129. The number of carbonyl (C=O) groups excluding carboxylic acids is 2. The second-order valence-corrected chi connectivity index (χ2v) is 10.9. The Morgan fingerprint density at radius 3 is 2.25 bits per heavy atom. The van der Waals surface area contributed by atoms with Gasteiger partial charge in [-0.2, -0.15) is 0 Å². The Morgan fingerprint density at radius 1 is 1.11 bits per heavy atom. The van der Waals surface area contributed by atoms with Gasteiger partial charge in [-0.3, -0.25) is 13.9 Å². The van der Waals surface area contributed by atoms with Crippen molar-refractivity contribution < 1.29 is 18.5 Å². The van der Waals surface area contributed by atoms with Crippen molar-refractivity contribution in [2.24, 2.45) is 0 Å². The molecular formula is C21H32N2O4S. The van der Waals surface area contributed by atoms with Gasteiger partial charge in [-0.05, 0) is 66.5 Å². The number of benzene rings is 1. The van der Waals surface area contributed by atoms with E-state index in [9.17, 15) is 13.8 Å². The van der Waals surface area contributed by atoms with Crippen LogP contribution in [-0.4, -0.2) is 50.1 Å². The van der Waals surface area contributed by atoms with Gasteiger partial charge in [0.2, 0.25) is 5.91 Å². The van der Waals surface area contributed by atoms with E-state index in [4.69, 9.17) is 4.74 Å². The second-order valence-electron chi connectivity index (χ2n) is 9.19. The molecule has 6 nitrogen and oxygen atoms in total. The second kappa shape index (κ2) is 8.64. The van der Waals surface area contributed by atoms with Crippen molar-refractivity contribution in [3.8, 4) is 0 Å². The van der Waals surface area contributed by atoms with Crippen LogP contribution in [0.2, 0.25) is 0 Å². The summed E-state index contributed by atoms with van der Waals surface area (Å²) in [5, 5.41) is 2.75. The summed E-state index contributed by atoms with van der Waals surface area (Å²) in [6.45, 7) is 11.4. The zero-order valence-electron chi connectivity index (χ0n) is 17.7. The van der Waals surface area contributed by atoms with E-state index in [1.165, 1.54) is 4.90 Å². The summed E-state index contributed by atoms with van der Waals surface area (Å²) in [7, 11) is -1.24. The van der Waals surface area contributed by atoms with Crippen molar-refractivity contribution in [3.05, 3.63) is 30.3 Å². The molecule has 1 aliphatic rings. The highest BCUT2D eigenvalue weighted by Gasteiger charge is 2.41. The summed E-state index contributed by atoms with van der Waals surface area (Å²) >= 11 is 0. The maximum absolute atomic E-state index is 13.0. The molecule has 156 valence electrons.